The Balaban J connectivity index is 1.46. The number of guanidine groups is 1. The molecule has 0 aliphatic heterocycles. The Labute approximate surface area is 172 Å². The van der Waals surface area contributed by atoms with Crippen LogP contribution < -0.4 is 20.7 Å². The van der Waals surface area contributed by atoms with Gasteiger partial charge in [0.15, 0.2) is 5.96 Å². The first-order valence-electron chi connectivity index (χ1n) is 10.3. The smallest absolute Gasteiger partial charge is 0.223 e. The molecule has 3 N–H and O–H groups in total. The van der Waals surface area contributed by atoms with E-state index >= 15 is 0 Å². The molecule has 3 rings (SSSR count). The second kappa shape index (κ2) is 11.1. The average Bonchev–Trinajstić information content (AvgIpc) is 3.60. The molecule has 1 fully saturated rings. The van der Waals surface area contributed by atoms with Gasteiger partial charge < -0.3 is 20.7 Å². The lowest BCUT2D eigenvalue weighted by molar-refractivity contribution is -0.122. The number of benzene rings is 2. The summed E-state index contributed by atoms with van der Waals surface area (Å²) in [5, 5.41) is 9.46. The van der Waals surface area contributed by atoms with E-state index in [0.29, 0.717) is 26.2 Å². The Morgan fingerprint density at radius 1 is 1.00 bits per heavy atom. The van der Waals surface area contributed by atoms with Gasteiger partial charge in [-0.1, -0.05) is 42.5 Å². The zero-order chi connectivity index (χ0) is 20.3. The molecular weight excluding hydrogens is 364 g/mol. The lowest BCUT2D eigenvalue weighted by atomic mass is 10.1. The van der Waals surface area contributed by atoms with E-state index in [4.69, 9.17) is 4.74 Å². The number of para-hydroxylation sites is 1. The molecule has 6 heteroatoms. The van der Waals surface area contributed by atoms with Gasteiger partial charge in [-0.05, 0) is 43.0 Å². The van der Waals surface area contributed by atoms with Crippen LogP contribution in [-0.4, -0.2) is 31.5 Å². The minimum Gasteiger partial charge on any atom is -0.489 e. The Kier molecular flexibility index (Phi) is 7.92. The van der Waals surface area contributed by atoms with Crippen LogP contribution in [0.1, 0.15) is 30.9 Å². The molecule has 2 aromatic carbocycles. The van der Waals surface area contributed by atoms with Crippen LogP contribution in [0, 0.1) is 5.92 Å². The third-order valence-electron chi connectivity index (χ3n) is 4.57. The lowest BCUT2D eigenvalue weighted by Gasteiger charge is -2.12. The molecule has 1 aliphatic rings. The highest BCUT2D eigenvalue weighted by molar-refractivity contribution is 5.81. The minimum absolute atomic E-state index is 0.170. The second-order valence-electron chi connectivity index (χ2n) is 7.11. The Morgan fingerprint density at radius 2 is 1.76 bits per heavy atom. The Morgan fingerprint density at radius 3 is 2.52 bits per heavy atom. The van der Waals surface area contributed by atoms with E-state index in [2.05, 4.69) is 39.1 Å². The molecule has 0 aromatic heterocycles. The van der Waals surface area contributed by atoms with Crippen molar-refractivity contribution in [1.29, 1.82) is 0 Å². The molecule has 0 radical (unpaired) electrons. The summed E-state index contributed by atoms with van der Waals surface area (Å²) in [5.41, 5.74) is 2.24. The van der Waals surface area contributed by atoms with Crippen molar-refractivity contribution < 1.29 is 9.53 Å². The maximum Gasteiger partial charge on any atom is 0.223 e. The van der Waals surface area contributed by atoms with Crippen LogP contribution in [0.2, 0.25) is 0 Å². The van der Waals surface area contributed by atoms with Gasteiger partial charge >= 0.3 is 0 Å². The lowest BCUT2D eigenvalue weighted by Crippen LogP contribution is -2.41. The van der Waals surface area contributed by atoms with Crippen molar-refractivity contribution in [2.45, 2.75) is 32.9 Å². The summed E-state index contributed by atoms with van der Waals surface area (Å²) in [5.74, 6) is 2.03. The summed E-state index contributed by atoms with van der Waals surface area (Å²) >= 11 is 0. The number of nitrogens with zero attached hydrogens (tertiary/aromatic N) is 1. The highest BCUT2D eigenvalue weighted by atomic mass is 16.5. The van der Waals surface area contributed by atoms with Crippen LogP contribution in [0.15, 0.2) is 59.6 Å². The molecule has 29 heavy (non-hydrogen) atoms. The molecule has 6 nitrogen and oxygen atoms in total. The van der Waals surface area contributed by atoms with Gasteiger partial charge in [-0.25, -0.2) is 4.99 Å². The molecule has 0 heterocycles. The van der Waals surface area contributed by atoms with Gasteiger partial charge in [-0.3, -0.25) is 4.79 Å². The fourth-order valence-corrected chi connectivity index (χ4v) is 2.87. The molecular formula is C23H30N4O2. The van der Waals surface area contributed by atoms with E-state index in [1.54, 1.807) is 0 Å². The summed E-state index contributed by atoms with van der Waals surface area (Å²) in [4.78, 5) is 16.3. The maximum atomic E-state index is 11.7. The van der Waals surface area contributed by atoms with Crippen LogP contribution in [0.3, 0.4) is 0 Å². The van der Waals surface area contributed by atoms with Gasteiger partial charge in [0, 0.05) is 25.6 Å². The first kappa shape index (κ1) is 20.7. The topological polar surface area (TPSA) is 74.8 Å². The van der Waals surface area contributed by atoms with Crippen molar-refractivity contribution in [3.05, 3.63) is 65.7 Å². The number of nitrogens with one attached hydrogen (secondary N) is 3. The van der Waals surface area contributed by atoms with Crippen molar-refractivity contribution in [3.8, 4) is 5.75 Å². The van der Waals surface area contributed by atoms with E-state index in [1.165, 1.54) is 0 Å². The highest BCUT2D eigenvalue weighted by Gasteiger charge is 2.28. The summed E-state index contributed by atoms with van der Waals surface area (Å²) in [6, 6.07) is 18.1. The molecule has 0 unspecified atom stereocenters. The van der Waals surface area contributed by atoms with Gasteiger partial charge in [0.1, 0.15) is 12.4 Å². The molecule has 154 valence electrons. The quantitative estimate of drug-likeness (QED) is 0.329. The molecule has 1 saturated carbocycles. The number of ether oxygens (including phenoxy) is 1. The van der Waals surface area contributed by atoms with Crippen LogP contribution >= 0.6 is 0 Å². The third-order valence-corrected chi connectivity index (χ3v) is 4.57. The van der Waals surface area contributed by atoms with E-state index in [1.807, 2.05) is 43.3 Å². The summed E-state index contributed by atoms with van der Waals surface area (Å²) in [6.07, 6.45) is 2.05. The molecule has 1 amide bonds. The van der Waals surface area contributed by atoms with Crippen LogP contribution in [0.4, 0.5) is 0 Å². The van der Waals surface area contributed by atoms with Crippen molar-refractivity contribution in [2.24, 2.45) is 10.9 Å². The molecule has 1 aliphatic carbocycles. The van der Waals surface area contributed by atoms with Crippen LogP contribution in [0.25, 0.3) is 0 Å². The van der Waals surface area contributed by atoms with E-state index < -0.39 is 0 Å². The Bertz CT molecular complexity index is 804. The van der Waals surface area contributed by atoms with Gasteiger partial charge in [0.05, 0.1) is 6.54 Å². The van der Waals surface area contributed by atoms with Gasteiger partial charge in [-0.2, -0.15) is 0 Å². The number of carbonyl (C=O) groups excluding carboxylic acids is 1. The van der Waals surface area contributed by atoms with E-state index in [0.717, 1.165) is 42.2 Å². The first-order chi connectivity index (χ1) is 14.2. The van der Waals surface area contributed by atoms with E-state index in [9.17, 15) is 4.79 Å². The first-order valence-corrected chi connectivity index (χ1v) is 10.3. The largest absolute Gasteiger partial charge is 0.489 e. The second-order valence-corrected chi connectivity index (χ2v) is 7.11. The average molecular weight is 395 g/mol. The zero-order valence-corrected chi connectivity index (χ0v) is 17.0. The normalized spacial score (nSPS) is 13.6. The van der Waals surface area contributed by atoms with Crippen molar-refractivity contribution >= 4 is 11.9 Å². The molecule has 0 bridgehead atoms. The number of carbonyl (C=O) groups is 1. The fraction of sp³-hybridized carbons (Fsp3) is 0.391. The number of hydrogen-bond donors (Lipinski definition) is 3. The Hall–Kier alpha value is -3.02. The molecule has 0 atom stereocenters. The van der Waals surface area contributed by atoms with Gasteiger partial charge in [0.25, 0.3) is 0 Å². The number of amides is 1. The SMILES string of the molecule is CCNC(=NCc1cccc(COc2ccccc2)c1)NCCNC(=O)C1CC1. The third kappa shape index (κ3) is 7.49. The van der Waals surface area contributed by atoms with Crippen molar-refractivity contribution in [1.82, 2.24) is 16.0 Å². The maximum absolute atomic E-state index is 11.7. The van der Waals surface area contributed by atoms with Gasteiger partial charge in [-0.15, -0.1) is 0 Å². The van der Waals surface area contributed by atoms with Crippen molar-refractivity contribution in [2.75, 3.05) is 19.6 Å². The van der Waals surface area contributed by atoms with Gasteiger partial charge in [0.2, 0.25) is 5.91 Å². The number of rotatable bonds is 10. The van der Waals surface area contributed by atoms with E-state index in [-0.39, 0.29) is 11.8 Å². The summed E-state index contributed by atoms with van der Waals surface area (Å²) < 4.78 is 5.82. The predicted octanol–water partition coefficient (Wildman–Crippen LogP) is 2.85. The number of hydrogen-bond acceptors (Lipinski definition) is 3. The highest BCUT2D eigenvalue weighted by Crippen LogP contribution is 2.28. The molecule has 0 saturated heterocycles. The van der Waals surface area contributed by atoms with Crippen LogP contribution in [0.5, 0.6) is 5.75 Å². The minimum atomic E-state index is 0.170. The molecule has 2 aromatic rings. The monoisotopic (exact) mass is 394 g/mol. The van der Waals surface area contributed by atoms with Crippen molar-refractivity contribution in [3.63, 3.8) is 0 Å². The predicted molar refractivity (Wildman–Crippen MR) is 116 cm³/mol. The zero-order valence-electron chi connectivity index (χ0n) is 17.0. The summed E-state index contributed by atoms with van der Waals surface area (Å²) in [7, 11) is 0. The standard InChI is InChI=1S/C23H30N4O2/c1-2-24-23(26-14-13-25-22(28)20-11-12-20)27-16-18-7-6-8-19(15-18)17-29-21-9-4-3-5-10-21/h3-10,15,20H,2,11-14,16-17H2,1H3,(H,25,28)(H2,24,26,27). The molecule has 0 spiro atoms. The van der Waals surface area contributed by atoms with Crippen LogP contribution in [-0.2, 0) is 17.9 Å². The summed E-state index contributed by atoms with van der Waals surface area (Å²) in [6.45, 7) is 5.17. The number of aliphatic imine (C=N–C) groups is 1. The fourth-order valence-electron chi connectivity index (χ4n) is 2.87.